The molecule has 2 atom stereocenters. The van der Waals surface area contributed by atoms with Crippen LogP contribution in [0.3, 0.4) is 0 Å². The zero-order valence-corrected chi connectivity index (χ0v) is 30.9. The van der Waals surface area contributed by atoms with Gasteiger partial charge in [-0.1, -0.05) is 129 Å². The molecule has 0 aliphatic heterocycles. The highest BCUT2D eigenvalue weighted by Crippen LogP contribution is 2.63. The van der Waals surface area contributed by atoms with Crippen LogP contribution in [0.2, 0.25) is 0 Å². The second-order valence-corrected chi connectivity index (χ2v) is 15.3. The van der Waals surface area contributed by atoms with Gasteiger partial charge in [-0.2, -0.15) is 0 Å². The van der Waals surface area contributed by atoms with Crippen LogP contribution >= 0.6 is 0 Å². The molecule has 0 saturated carbocycles. The molecule has 6 aromatic carbocycles. The molecule has 0 radical (unpaired) electrons. The third-order valence-corrected chi connectivity index (χ3v) is 12.5. The highest BCUT2D eigenvalue weighted by atomic mass is 16.5. The summed E-state index contributed by atoms with van der Waals surface area (Å²) < 4.78 is 5.67. The van der Waals surface area contributed by atoms with Gasteiger partial charge < -0.3 is 4.74 Å². The van der Waals surface area contributed by atoms with E-state index in [0.717, 1.165) is 58.9 Å². The molecule has 264 valence electrons. The monoisotopic (exact) mass is 702 g/mol. The third kappa shape index (κ3) is 4.78. The van der Waals surface area contributed by atoms with Gasteiger partial charge in [0.15, 0.2) is 0 Å². The summed E-state index contributed by atoms with van der Waals surface area (Å²) in [6, 6.07) is 48.6. The van der Waals surface area contributed by atoms with Crippen molar-refractivity contribution in [3.63, 3.8) is 0 Å². The molecule has 0 amide bonds. The Morgan fingerprint density at radius 3 is 1.56 bits per heavy atom. The minimum Gasteiger partial charge on any atom is -0.466 e. The number of hydrogen-bond donors (Lipinski definition) is 0. The molecule has 0 N–H and O–H groups in total. The minimum atomic E-state index is -0.553. The lowest BCUT2D eigenvalue weighted by atomic mass is 9.59. The first-order valence-corrected chi connectivity index (χ1v) is 19.6. The van der Waals surface area contributed by atoms with Crippen molar-refractivity contribution >= 4 is 49.3 Å². The van der Waals surface area contributed by atoms with Gasteiger partial charge in [0, 0.05) is 39.2 Å². The number of para-hydroxylation sites is 2. The summed E-state index contributed by atoms with van der Waals surface area (Å²) >= 11 is 0. The number of esters is 1. The Hall–Kier alpha value is -5.87. The molecule has 4 nitrogen and oxygen atoms in total. The standard InChI is InChI=1S/C50H42N2O2/c1-3-5-27-49(38-24-22-32-14-6-10-18-36(32)45(38)47-40(49)29-34-16-8-12-20-42(34)51-47)31-50(28-26-44(53)54-4-2)39-25-23-33-15-7-11-19-37(33)46(39)48-41(50)30-35-17-9-13-21-43(35)52-48/h6-25,29-30H,3-5,26-28,31H2,1-2H3. The van der Waals surface area contributed by atoms with Crippen molar-refractivity contribution in [1.29, 1.82) is 0 Å². The maximum atomic E-state index is 13.5. The van der Waals surface area contributed by atoms with E-state index in [2.05, 4.69) is 140 Å². The summed E-state index contributed by atoms with van der Waals surface area (Å²) in [5.74, 6) is -0.158. The summed E-state index contributed by atoms with van der Waals surface area (Å²) in [7, 11) is 0. The topological polar surface area (TPSA) is 52.1 Å². The maximum absolute atomic E-state index is 13.5. The molecule has 8 aromatic rings. The van der Waals surface area contributed by atoms with E-state index in [4.69, 9.17) is 14.7 Å². The Labute approximate surface area is 315 Å². The molecule has 0 spiro atoms. The zero-order valence-electron chi connectivity index (χ0n) is 30.9. The normalized spacial score (nSPS) is 18.2. The average molecular weight is 703 g/mol. The number of rotatable bonds is 9. The highest BCUT2D eigenvalue weighted by molar-refractivity contribution is 6.05. The predicted molar refractivity (Wildman–Crippen MR) is 221 cm³/mol. The van der Waals surface area contributed by atoms with Gasteiger partial charge in [-0.25, -0.2) is 9.97 Å². The fraction of sp³-hybridized carbons (Fsp3) is 0.220. The van der Waals surface area contributed by atoms with Gasteiger partial charge in [-0.05, 0) is 94.3 Å². The van der Waals surface area contributed by atoms with Gasteiger partial charge in [-0.15, -0.1) is 0 Å². The molecule has 0 bridgehead atoms. The van der Waals surface area contributed by atoms with Crippen molar-refractivity contribution in [1.82, 2.24) is 9.97 Å². The van der Waals surface area contributed by atoms with Crippen molar-refractivity contribution in [3.05, 3.63) is 156 Å². The number of benzene rings is 6. The molecule has 2 aromatic heterocycles. The summed E-state index contributed by atoms with van der Waals surface area (Å²) in [5, 5.41) is 7.12. The number of hydrogen-bond acceptors (Lipinski definition) is 4. The lowest BCUT2D eigenvalue weighted by Crippen LogP contribution is -2.38. The van der Waals surface area contributed by atoms with Crippen molar-refractivity contribution in [2.24, 2.45) is 0 Å². The SMILES string of the molecule is CCCCC1(CC2(CCC(=O)OCC)c3cc4ccccc4nc3-c3c2ccc2ccccc32)c2cc3ccccc3nc2-c2c1ccc1ccccc21. The van der Waals surface area contributed by atoms with E-state index in [1.165, 1.54) is 54.9 Å². The summed E-state index contributed by atoms with van der Waals surface area (Å²) in [4.78, 5) is 24.6. The number of carbonyl (C=O) groups is 1. The molecule has 0 saturated heterocycles. The molecule has 10 rings (SSSR count). The number of nitrogens with zero attached hydrogens (tertiary/aromatic N) is 2. The molecule has 2 aliphatic rings. The minimum absolute atomic E-state index is 0.158. The molecular formula is C50H42N2O2. The van der Waals surface area contributed by atoms with Crippen LogP contribution in [0.1, 0.15) is 74.6 Å². The molecule has 2 unspecified atom stereocenters. The van der Waals surface area contributed by atoms with Gasteiger partial charge in [0.2, 0.25) is 0 Å². The smallest absolute Gasteiger partial charge is 0.305 e. The van der Waals surface area contributed by atoms with Crippen molar-refractivity contribution in [2.45, 2.75) is 63.2 Å². The molecule has 2 heterocycles. The largest absolute Gasteiger partial charge is 0.466 e. The summed E-state index contributed by atoms with van der Waals surface area (Å²) in [5.41, 5.74) is 10.7. The van der Waals surface area contributed by atoms with E-state index in [9.17, 15) is 4.79 Å². The van der Waals surface area contributed by atoms with Crippen LogP contribution in [0.15, 0.2) is 133 Å². The van der Waals surface area contributed by atoms with Crippen LogP contribution in [0.25, 0.3) is 65.9 Å². The Balaban J connectivity index is 1.32. The molecule has 4 heteroatoms. The zero-order chi connectivity index (χ0) is 36.4. The van der Waals surface area contributed by atoms with Crippen LogP contribution in [-0.4, -0.2) is 22.5 Å². The average Bonchev–Trinajstić information content (AvgIpc) is 3.63. The first kappa shape index (κ1) is 32.8. The second kappa shape index (κ2) is 12.6. The maximum Gasteiger partial charge on any atom is 0.305 e. The lowest BCUT2D eigenvalue weighted by molar-refractivity contribution is -0.143. The number of ether oxygens (including phenoxy) is 1. The summed E-state index contributed by atoms with van der Waals surface area (Å²) in [6.45, 7) is 4.55. The van der Waals surface area contributed by atoms with Crippen molar-refractivity contribution in [2.75, 3.05) is 6.61 Å². The van der Waals surface area contributed by atoms with E-state index >= 15 is 0 Å². The highest BCUT2D eigenvalue weighted by Gasteiger charge is 2.54. The van der Waals surface area contributed by atoms with E-state index < -0.39 is 10.8 Å². The first-order chi connectivity index (χ1) is 26.5. The van der Waals surface area contributed by atoms with Crippen molar-refractivity contribution < 1.29 is 9.53 Å². The lowest BCUT2D eigenvalue weighted by Gasteiger charge is -2.43. The summed E-state index contributed by atoms with van der Waals surface area (Å²) in [6.07, 6.45) is 4.78. The fourth-order valence-corrected chi connectivity index (χ4v) is 10.1. The number of carbonyl (C=O) groups excluding carboxylic acids is 1. The van der Waals surface area contributed by atoms with Crippen LogP contribution in [0.5, 0.6) is 0 Å². The van der Waals surface area contributed by atoms with E-state index in [1.54, 1.807) is 0 Å². The van der Waals surface area contributed by atoms with E-state index in [-0.39, 0.29) is 5.97 Å². The second-order valence-electron chi connectivity index (χ2n) is 15.3. The number of aromatic nitrogens is 2. The number of fused-ring (bicyclic) bond motifs is 12. The van der Waals surface area contributed by atoms with Crippen LogP contribution in [0, 0.1) is 0 Å². The van der Waals surface area contributed by atoms with Crippen LogP contribution < -0.4 is 0 Å². The Morgan fingerprint density at radius 2 is 1.04 bits per heavy atom. The Morgan fingerprint density at radius 1 is 0.556 bits per heavy atom. The Kier molecular flexibility index (Phi) is 7.66. The van der Waals surface area contributed by atoms with Gasteiger partial charge >= 0.3 is 5.97 Å². The number of pyridine rings is 2. The third-order valence-electron chi connectivity index (χ3n) is 12.5. The van der Waals surface area contributed by atoms with Gasteiger partial charge in [0.25, 0.3) is 0 Å². The Bertz CT molecular complexity index is 2800. The molecule has 54 heavy (non-hydrogen) atoms. The quantitative estimate of drug-likeness (QED) is 0.141. The van der Waals surface area contributed by atoms with Gasteiger partial charge in [0.1, 0.15) is 0 Å². The number of unbranched alkanes of at least 4 members (excludes halogenated alkanes) is 1. The van der Waals surface area contributed by atoms with E-state index in [0.29, 0.717) is 19.4 Å². The predicted octanol–water partition coefficient (Wildman–Crippen LogP) is 12.2. The van der Waals surface area contributed by atoms with Gasteiger partial charge in [0.05, 0.1) is 29.0 Å². The molecular weight excluding hydrogens is 661 g/mol. The molecule has 0 fully saturated rings. The fourth-order valence-electron chi connectivity index (χ4n) is 10.1. The van der Waals surface area contributed by atoms with Gasteiger partial charge in [-0.3, -0.25) is 4.79 Å². The molecule has 2 aliphatic carbocycles. The van der Waals surface area contributed by atoms with Crippen LogP contribution in [0.4, 0.5) is 0 Å². The van der Waals surface area contributed by atoms with Crippen molar-refractivity contribution in [3.8, 4) is 22.5 Å². The van der Waals surface area contributed by atoms with E-state index in [1.807, 2.05) is 6.92 Å². The first-order valence-electron chi connectivity index (χ1n) is 19.6. The van der Waals surface area contributed by atoms with Crippen LogP contribution in [-0.2, 0) is 20.4 Å².